The Morgan fingerprint density at radius 2 is 0.577 bits per heavy atom. The first-order chi connectivity index (χ1) is 11.1. The third-order valence-electron chi connectivity index (χ3n) is 1.82. The van der Waals surface area contributed by atoms with Gasteiger partial charge in [-0.1, -0.05) is 53.4 Å². The Balaban J connectivity index is -0.0000000500. The molecule has 0 aliphatic rings. The molecule has 0 rings (SSSR count). The second-order valence-corrected chi connectivity index (χ2v) is 4.49. The van der Waals surface area contributed by atoms with Gasteiger partial charge in [-0.05, 0) is 25.7 Å². The largest absolute Gasteiger partial charge is 2.00 e. The van der Waals surface area contributed by atoms with Crippen LogP contribution in [0.25, 0.3) is 0 Å². The zero-order valence-electron chi connectivity index (χ0n) is 16.3. The third kappa shape index (κ3) is 91.5. The van der Waals surface area contributed by atoms with Crippen LogP contribution < -0.4 is 20.4 Å². The van der Waals surface area contributed by atoms with Crippen molar-refractivity contribution < 1.29 is 78.6 Å². The Morgan fingerprint density at radius 1 is 0.462 bits per heavy atom. The molecule has 0 aliphatic heterocycles. The summed E-state index contributed by atoms with van der Waals surface area (Å²) in [7, 11) is 0. The minimum atomic E-state index is -0.961. The normalized spacial score (nSPS) is 7.54. The van der Waals surface area contributed by atoms with Crippen molar-refractivity contribution in [3.05, 3.63) is 0 Å². The molecule has 0 amide bonds. The fourth-order valence-electron chi connectivity index (χ4n) is 0.816. The van der Waals surface area contributed by atoms with Gasteiger partial charge in [0.1, 0.15) is 0 Å². The van der Waals surface area contributed by atoms with Gasteiger partial charge in [-0.15, -0.1) is 0 Å². The summed E-state index contributed by atoms with van der Waals surface area (Å²) >= 11 is 0. The van der Waals surface area contributed by atoms with Crippen LogP contribution in [0, 0.1) is 0 Å². The Kier molecular flexibility index (Phi) is 54.2. The van der Waals surface area contributed by atoms with Crippen LogP contribution in [0.4, 0.5) is 0 Å². The zero-order chi connectivity index (χ0) is 20.0. The van der Waals surface area contributed by atoms with E-state index >= 15 is 0 Å². The molecule has 0 unspecified atom stereocenters. The molecule has 144 valence electrons. The van der Waals surface area contributed by atoms with Gasteiger partial charge in [0.05, 0.1) is 0 Å². The van der Waals surface area contributed by atoms with Gasteiger partial charge in [0.25, 0.3) is 0 Å². The first-order valence-electron chi connectivity index (χ1n) is 7.88. The molecular weight excluding hydrogens is 451 g/mol. The fourth-order valence-corrected chi connectivity index (χ4v) is 0.816. The summed E-state index contributed by atoms with van der Waals surface area (Å²) in [4.78, 5) is 38.0. The first-order valence-corrected chi connectivity index (χ1v) is 7.88. The molecule has 0 saturated heterocycles. The molecule has 0 saturated carbocycles. The third-order valence-corrected chi connectivity index (χ3v) is 1.82. The number of carbonyl (C=O) groups excluding carboxylic acids is 4. The number of aliphatic carboxylic acids is 4. The molecule has 0 fully saturated rings. The van der Waals surface area contributed by atoms with Crippen LogP contribution in [0.15, 0.2) is 0 Å². The van der Waals surface area contributed by atoms with Gasteiger partial charge in [0.15, 0.2) is 0 Å². The van der Waals surface area contributed by atoms with Crippen molar-refractivity contribution in [2.45, 2.75) is 79.1 Å². The van der Waals surface area contributed by atoms with Gasteiger partial charge >= 0.3 is 39.0 Å². The molecule has 10 heteroatoms. The second kappa shape index (κ2) is 35.3. The predicted molar refractivity (Wildman–Crippen MR) is 79.7 cm³/mol. The van der Waals surface area contributed by atoms with Crippen molar-refractivity contribution in [2.24, 2.45) is 0 Å². The maximum Gasteiger partial charge on any atom is 2.00 e. The van der Waals surface area contributed by atoms with E-state index in [1.165, 1.54) is 0 Å². The number of rotatable bonds is 8. The number of carbonyl (C=O) groups is 4. The minimum Gasteiger partial charge on any atom is -0.550 e. The van der Waals surface area contributed by atoms with E-state index in [-0.39, 0.29) is 64.6 Å². The Bertz CT molecular complexity index is 272. The van der Waals surface area contributed by atoms with Crippen molar-refractivity contribution in [2.75, 3.05) is 0 Å². The average molecular weight is 479 g/mol. The molecule has 0 aromatic rings. The van der Waals surface area contributed by atoms with Crippen molar-refractivity contribution in [1.29, 1.82) is 0 Å². The van der Waals surface area contributed by atoms with E-state index in [1.807, 2.05) is 0 Å². The summed E-state index contributed by atoms with van der Waals surface area (Å²) < 4.78 is 0. The van der Waals surface area contributed by atoms with Crippen LogP contribution in [0.3, 0.4) is 0 Å². The number of hydrogen-bond donors (Lipinski definition) is 0. The molecule has 8 nitrogen and oxygen atoms in total. The molecule has 0 aromatic heterocycles. The van der Waals surface area contributed by atoms with E-state index in [2.05, 4.69) is 0 Å². The Morgan fingerprint density at radius 3 is 0.577 bits per heavy atom. The summed E-state index contributed by atoms with van der Waals surface area (Å²) in [5.41, 5.74) is 0. The minimum absolute atomic E-state index is 0. The molecule has 0 spiro atoms. The van der Waals surface area contributed by atoms with E-state index in [0.29, 0.717) is 25.7 Å². The van der Waals surface area contributed by atoms with Crippen molar-refractivity contribution in [3.63, 3.8) is 0 Å². The summed E-state index contributed by atoms with van der Waals surface area (Å²) in [6.07, 6.45) is 3.40. The summed E-state index contributed by atoms with van der Waals surface area (Å²) in [6, 6.07) is 0. The van der Waals surface area contributed by atoms with Crippen LogP contribution in [0.2, 0.25) is 0 Å². The summed E-state index contributed by atoms with van der Waals surface area (Å²) in [5, 5.41) is 38.0. The van der Waals surface area contributed by atoms with Crippen molar-refractivity contribution >= 4 is 23.9 Å². The number of carboxylic acid groups (broad SMARTS) is 4. The monoisotopic (exact) mass is 476 g/mol. The SMILES string of the molecule is CCCC(=O)[O-].CCCC(=O)[O-].CCCC(=O)[O-].CCCC(=O)[O-].[Zn+2].[Zn+2]. The van der Waals surface area contributed by atoms with Crippen LogP contribution >= 0.6 is 0 Å². The van der Waals surface area contributed by atoms with Crippen LogP contribution in [0.5, 0.6) is 0 Å². The summed E-state index contributed by atoms with van der Waals surface area (Å²) in [5.74, 6) is -3.84. The maximum absolute atomic E-state index is 9.49. The van der Waals surface area contributed by atoms with Gasteiger partial charge in [-0.3, -0.25) is 0 Å². The molecule has 0 aliphatic carbocycles. The Labute approximate surface area is 181 Å². The number of hydrogen-bond acceptors (Lipinski definition) is 8. The van der Waals surface area contributed by atoms with E-state index in [0.717, 1.165) is 0 Å². The van der Waals surface area contributed by atoms with Gasteiger partial charge in [0.2, 0.25) is 0 Å². The first kappa shape index (κ1) is 40.0. The second-order valence-electron chi connectivity index (χ2n) is 4.49. The Hall–Kier alpha value is -0.873. The molecule has 0 N–H and O–H groups in total. The van der Waals surface area contributed by atoms with E-state index in [1.54, 1.807) is 27.7 Å². The van der Waals surface area contributed by atoms with E-state index in [4.69, 9.17) is 0 Å². The van der Waals surface area contributed by atoms with Crippen molar-refractivity contribution in [3.8, 4) is 0 Å². The molecular formula is C16H28O8Zn2. The molecule has 0 atom stereocenters. The van der Waals surface area contributed by atoms with Gasteiger partial charge in [-0.25, -0.2) is 0 Å². The van der Waals surface area contributed by atoms with Crippen LogP contribution in [0.1, 0.15) is 79.1 Å². The average Bonchev–Trinajstić information content (AvgIpc) is 2.39. The molecule has 0 heterocycles. The smallest absolute Gasteiger partial charge is 0.550 e. The van der Waals surface area contributed by atoms with Gasteiger partial charge in [0, 0.05) is 23.9 Å². The molecule has 0 radical (unpaired) electrons. The van der Waals surface area contributed by atoms with Crippen LogP contribution in [-0.2, 0) is 58.1 Å². The van der Waals surface area contributed by atoms with Gasteiger partial charge < -0.3 is 39.6 Å². The number of carboxylic acids is 4. The van der Waals surface area contributed by atoms with Crippen LogP contribution in [-0.4, -0.2) is 23.9 Å². The van der Waals surface area contributed by atoms with Gasteiger partial charge in [-0.2, -0.15) is 0 Å². The predicted octanol–water partition coefficient (Wildman–Crippen LogP) is -1.86. The van der Waals surface area contributed by atoms with Crippen molar-refractivity contribution in [1.82, 2.24) is 0 Å². The topological polar surface area (TPSA) is 161 Å². The molecule has 26 heavy (non-hydrogen) atoms. The van der Waals surface area contributed by atoms with E-state index < -0.39 is 23.9 Å². The zero-order valence-corrected chi connectivity index (χ0v) is 22.3. The summed E-state index contributed by atoms with van der Waals surface area (Å²) in [6.45, 7) is 7.21. The quantitative estimate of drug-likeness (QED) is 0.367. The molecule has 0 bridgehead atoms. The maximum atomic E-state index is 9.49. The fraction of sp³-hybridized carbons (Fsp3) is 0.750. The van der Waals surface area contributed by atoms with E-state index in [9.17, 15) is 39.6 Å². The molecule has 0 aromatic carbocycles. The standard InChI is InChI=1S/4C4H8O2.2Zn/c4*1-2-3-4(5)6;;/h4*2-3H2,1H3,(H,5,6);;/q;;;;2*+2/p-4.